The molecule has 0 aliphatic carbocycles. The molecule has 1 atom stereocenters. The van der Waals surface area contributed by atoms with Crippen LogP contribution in [0.15, 0.2) is 29.9 Å². The van der Waals surface area contributed by atoms with Crippen molar-refractivity contribution in [3.8, 4) is 0 Å². The van der Waals surface area contributed by atoms with Crippen LogP contribution in [0.3, 0.4) is 0 Å². The number of hydrogen-bond acceptors (Lipinski definition) is 4. The highest BCUT2D eigenvalue weighted by atomic mass is 32.1. The normalized spacial score (nSPS) is 13.0. The first kappa shape index (κ1) is 14.1. The number of fused-ring (bicyclic) bond motifs is 1. The number of benzene rings is 1. The highest BCUT2D eigenvalue weighted by molar-refractivity contribution is 7.15. The van der Waals surface area contributed by atoms with Crippen LogP contribution in [0.5, 0.6) is 0 Å². The van der Waals surface area contributed by atoms with Crippen molar-refractivity contribution in [2.45, 2.75) is 12.5 Å². The molecule has 4 nitrogen and oxygen atoms in total. The molecule has 2 heterocycles. The Morgan fingerprint density at radius 2 is 2.00 bits per heavy atom. The fourth-order valence-electron chi connectivity index (χ4n) is 2.13. The van der Waals surface area contributed by atoms with Gasteiger partial charge in [0, 0.05) is 24.2 Å². The summed E-state index contributed by atoms with van der Waals surface area (Å²) in [4.78, 5) is 5.19. The van der Waals surface area contributed by atoms with E-state index in [1.54, 1.807) is 0 Å². The largest absolute Gasteiger partial charge is 0.297 e. The number of rotatable bonds is 4. The highest BCUT2D eigenvalue weighted by Crippen LogP contribution is 2.22. The lowest BCUT2D eigenvalue weighted by atomic mass is 10.0. The Morgan fingerprint density at radius 3 is 2.62 bits per heavy atom. The Labute approximate surface area is 122 Å². The number of nitrogens with zero attached hydrogens (tertiary/aromatic N) is 2. The number of halogens is 3. The zero-order valence-electron chi connectivity index (χ0n) is 10.7. The summed E-state index contributed by atoms with van der Waals surface area (Å²) in [5.74, 6) is 1.47. The van der Waals surface area contributed by atoms with Gasteiger partial charge in [0.05, 0.1) is 11.7 Å². The first-order valence-electron chi connectivity index (χ1n) is 6.10. The van der Waals surface area contributed by atoms with Crippen LogP contribution in [0.25, 0.3) is 4.96 Å². The molecule has 2 aromatic heterocycles. The summed E-state index contributed by atoms with van der Waals surface area (Å²) in [5.41, 5.74) is 3.42. The Hall–Kier alpha value is -1.90. The lowest BCUT2D eigenvalue weighted by Crippen LogP contribution is -2.30. The molecule has 1 unspecified atom stereocenters. The minimum atomic E-state index is -1.49. The lowest BCUT2D eigenvalue weighted by Gasteiger charge is -2.15. The molecule has 0 amide bonds. The topological polar surface area (TPSA) is 55.3 Å². The predicted molar refractivity (Wildman–Crippen MR) is 73.2 cm³/mol. The molecule has 0 aliphatic heterocycles. The third-order valence-corrected chi connectivity index (χ3v) is 3.94. The van der Waals surface area contributed by atoms with Gasteiger partial charge in [-0.2, -0.15) is 0 Å². The summed E-state index contributed by atoms with van der Waals surface area (Å²) >= 11 is 1.48. The van der Waals surface area contributed by atoms with Crippen molar-refractivity contribution in [1.82, 2.24) is 14.8 Å². The summed E-state index contributed by atoms with van der Waals surface area (Å²) < 4.78 is 41.4. The molecule has 8 heteroatoms. The van der Waals surface area contributed by atoms with E-state index in [-0.39, 0.29) is 5.56 Å². The molecule has 0 aliphatic rings. The molecular weight excluding hydrogens is 301 g/mol. The van der Waals surface area contributed by atoms with Gasteiger partial charge in [-0.1, -0.05) is 0 Å². The van der Waals surface area contributed by atoms with Gasteiger partial charge in [-0.25, -0.2) is 18.2 Å². The van der Waals surface area contributed by atoms with Crippen LogP contribution in [0.2, 0.25) is 0 Å². The highest BCUT2D eigenvalue weighted by Gasteiger charge is 2.18. The summed E-state index contributed by atoms with van der Waals surface area (Å²) in [5, 5.41) is 1.90. The molecule has 1 aromatic carbocycles. The van der Waals surface area contributed by atoms with Crippen molar-refractivity contribution < 1.29 is 13.2 Å². The van der Waals surface area contributed by atoms with Crippen molar-refractivity contribution in [2.75, 3.05) is 0 Å². The molecule has 0 bridgehead atoms. The van der Waals surface area contributed by atoms with Gasteiger partial charge in [0.1, 0.15) is 0 Å². The minimum absolute atomic E-state index is 0.227. The molecule has 3 N–H and O–H groups in total. The second kappa shape index (κ2) is 5.47. The maximum atomic E-state index is 13.3. The summed E-state index contributed by atoms with van der Waals surface area (Å²) in [6.07, 6.45) is 4.00. The number of imidazole rings is 1. The Bertz CT molecular complexity index is 731. The van der Waals surface area contributed by atoms with Gasteiger partial charge in [-0.3, -0.25) is 15.7 Å². The fourth-order valence-corrected chi connectivity index (χ4v) is 2.85. The van der Waals surface area contributed by atoms with Gasteiger partial charge in [-0.05, 0) is 17.7 Å². The Balaban J connectivity index is 1.89. The zero-order chi connectivity index (χ0) is 15.0. The molecule has 110 valence electrons. The van der Waals surface area contributed by atoms with Crippen LogP contribution < -0.4 is 11.3 Å². The van der Waals surface area contributed by atoms with E-state index < -0.39 is 23.5 Å². The molecule has 0 saturated carbocycles. The molecule has 3 aromatic rings. The number of hydrogen-bond donors (Lipinski definition) is 2. The van der Waals surface area contributed by atoms with Crippen molar-refractivity contribution in [2.24, 2.45) is 5.84 Å². The molecule has 21 heavy (non-hydrogen) atoms. The zero-order valence-corrected chi connectivity index (χ0v) is 11.5. The van der Waals surface area contributed by atoms with Crippen molar-refractivity contribution in [3.63, 3.8) is 0 Å². The number of nitrogens with two attached hydrogens (primary N) is 1. The smallest absolute Gasteiger partial charge is 0.194 e. The molecule has 0 spiro atoms. The quantitative estimate of drug-likeness (QED) is 0.442. The van der Waals surface area contributed by atoms with E-state index in [1.165, 1.54) is 11.3 Å². The van der Waals surface area contributed by atoms with E-state index in [1.807, 2.05) is 22.2 Å². The Morgan fingerprint density at radius 1 is 1.29 bits per heavy atom. The maximum absolute atomic E-state index is 13.3. The maximum Gasteiger partial charge on any atom is 0.194 e. The predicted octanol–water partition coefficient (Wildman–Crippen LogP) is 2.56. The standard InChI is InChI=1S/C13H11F3N4S/c14-9-3-7(4-10(15)12(9)16)11(19-17)5-8-6-20-1-2-21-13(20)18-8/h1-4,6,11,19H,5,17H2. The van der Waals surface area contributed by atoms with Gasteiger partial charge < -0.3 is 0 Å². The van der Waals surface area contributed by atoms with E-state index >= 15 is 0 Å². The molecule has 0 saturated heterocycles. The number of nitrogens with one attached hydrogen (secondary N) is 1. The second-order valence-corrected chi connectivity index (χ2v) is 5.42. The van der Waals surface area contributed by atoms with Crippen LogP contribution in [-0.2, 0) is 6.42 Å². The van der Waals surface area contributed by atoms with Crippen LogP contribution in [-0.4, -0.2) is 9.38 Å². The van der Waals surface area contributed by atoms with Gasteiger partial charge >= 0.3 is 0 Å². The Kier molecular flexibility index (Phi) is 3.66. The number of thiazole rings is 1. The summed E-state index contributed by atoms with van der Waals surface area (Å²) in [6, 6.07) is 1.29. The summed E-state index contributed by atoms with van der Waals surface area (Å²) in [6.45, 7) is 0. The van der Waals surface area contributed by atoms with Crippen LogP contribution in [0, 0.1) is 17.5 Å². The second-order valence-electron chi connectivity index (χ2n) is 4.55. The number of hydrazine groups is 1. The SMILES string of the molecule is NNC(Cc1cn2ccsc2n1)c1cc(F)c(F)c(F)c1. The van der Waals surface area contributed by atoms with Crippen LogP contribution in [0.1, 0.15) is 17.3 Å². The van der Waals surface area contributed by atoms with Gasteiger partial charge in [0.15, 0.2) is 22.4 Å². The fraction of sp³-hybridized carbons (Fsp3) is 0.154. The minimum Gasteiger partial charge on any atom is -0.297 e. The van der Waals surface area contributed by atoms with Crippen molar-refractivity contribution in [1.29, 1.82) is 0 Å². The average molecular weight is 312 g/mol. The van der Waals surface area contributed by atoms with E-state index in [0.717, 1.165) is 22.8 Å². The van der Waals surface area contributed by atoms with Gasteiger partial charge in [0.25, 0.3) is 0 Å². The first-order valence-corrected chi connectivity index (χ1v) is 6.98. The van der Waals surface area contributed by atoms with Gasteiger partial charge in [0.2, 0.25) is 0 Å². The third-order valence-electron chi connectivity index (χ3n) is 3.17. The van der Waals surface area contributed by atoms with Gasteiger partial charge in [-0.15, -0.1) is 11.3 Å². The molecular formula is C13H11F3N4S. The van der Waals surface area contributed by atoms with Crippen LogP contribution in [0.4, 0.5) is 13.2 Å². The molecule has 3 rings (SSSR count). The van der Waals surface area contributed by atoms with Crippen molar-refractivity contribution >= 4 is 16.3 Å². The average Bonchev–Trinajstić information content (AvgIpc) is 3.02. The van der Waals surface area contributed by atoms with E-state index in [2.05, 4.69) is 10.4 Å². The monoisotopic (exact) mass is 312 g/mol. The first-order chi connectivity index (χ1) is 10.1. The summed E-state index contributed by atoms with van der Waals surface area (Å²) in [7, 11) is 0. The van der Waals surface area contributed by atoms with E-state index in [4.69, 9.17) is 5.84 Å². The van der Waals surface area contributed by atoms with E-state index in [0.29, 0.717) is 6.42 Å². The van der Waals surface area contributed by atoms with Crippen molar-refractivity contribution in [3.05, 3.63) is 58.6 Å². The van der Waals surface area contributed by atoms with E-state index in [9.17, 15) is 13.2 Å². The van der Waals surface area contributed by atoms with Crippen LogP contribution >= 0.6 is 11.3 Å². The molecule has 0 fully saturated rings. The third kappa shape index (κ3) is 2.65. The molecule has 0 radical (unpaired) electrons. The number of aromatic nitrogens is 2. The lowest BCUT2D eigenvalue weighted by molar-refractivity contribution is 0.439.